The van der Waals surface area contributed by atoms with Gasteiger partial charge in [-0.2, -0.15) is 0 Å². The molecule has 0 bridgehead atoms. The highest BCUT2D eigenvalue weighted by Gasteiger charge is 1.91. The van der Waals surface area contributed by atoms with E-state index >= 15 is 0 Å². The minimum atomic E-state index is 1.16. The Bertz CT molecular complexity index is 193. The second-order valence-electron chi connectivity index (χ2n) is 3.10. The van der Waals surface area contributed by atoms with Crippen LogP contribution in [0.1, 0.15) is 38.2 Å². The molecule has 0 aliphatic carbocycles. The van der Waals surface area contributed by atoms with Gasteiger partial charge in [0.15, 0.2) is 0 Å². The van der Waals surface area contributed by atoms with E-state index in [1.54, 1.807) is 6.20 Å². The number of aryl methyl sites for hydroxylation is 1. The summed E-state index contributed by atoms with van der Waals surface area (Å²) in [4.78, 5) is 4.03. The molecule has 12 heavy (non-hydrogen) atoms. The number of hydrogen-bond donors (Lipinski definition) is 0. The topological polar surface area (TPSA) is 12.9 Å². The summed E-state index contributed by atoms with van der Waals surface area (Å²) in [6.45, 7) is 2.23. The van der Waals surface area contributed by atoms with Crippen LogP contribution in [0, 0.1) is 6.07 Å². The quantitative estimate of drug-likeness (QED) is 0.606. The summed E-state index contributed by atoms with van der Waals surface area (Å²) in [5.74, 6) is 0. The molecule has 1 aromatic heterocycles. The summed E-state index contributed by atoms with van der Waals surface area (Å²) in [6.07, 6.45) is 10.1. The lowest BCUT2D eigenvalue weighted by molar-refractivity contribution is 0.666. The van der Waals surface area contributed by atoms with Crippen molar-refractivity contribution in [3.63, 3.8) is 0 Å². The summed E-state index contributed by atoms with van der Waals surface area (Å²) in [5.41, 5.74) is 1.31. The van der Waals surface area contributed by atoms with Gasteiger partial charge in [-0.05, 0) is 24.5 Å². The first-order valence-corrected chi connectivity index (χ1v) is 4.73. The first-order valence-electron chi connectivity index (χ1n) is 4.73. The smallest absolute Gasteiger partial charge is 0.0347 e. The molecular formula is C11H16N. The van der Waals surface area contributed by atoms with E-state index in [1.807, 2.05) is 12.3 Å². The minimum Gasteiger partial charge on any atom is -0.264 e. The van der Waals surface area contributed by atoms with Crippen molar-refractivity contribution in [3.05, 3.63) is 30.1 Å². The van der Waals surface area contributed by atoms with E-state index in [-0.39, 0.29) is 0 Å². The van der Waals surface area contributed by atoms with E-state index in [2.05, 4.69) is 18.0 Å². The molecule has 1 rings (SSSR count). The zero-order chi connectivity index (χ0) is 8.65. The number of rotatable bonds is 5. The Balaban J connectivity index is 2.16. The molecule has 0 saturated carbocycles. The van der Waals surface area contributed by atoms with Crippen molar-refractivity contribution < 1.29 is 0 Å². The molecule has 1 aromatic rings. The molecule has 0 atom stereocenters. The van der Waals surface area contributed by atoms with Crippen molar-refractivity contribution in [1.29, 1.82) is 0 Å². The zero-order valence-electron chi connectivity index (χ0n) is 7.71. The van der Waals surface area contributed by atoms with Gasteiger partial charge in [-0.3, -0.25) is 4.98 Å². The van der Waals surface area contributed by atoms with Crippen molar-refractivity contribution in [2.45, 2.75) is 39.0 Å². The molecule has 0 spiro atoms. The number of nitrogens with zero attached hydrogens (tertiary/aromatic N) is 1. The van der Waals surface area contributed by atoms with E-state index in [0.29, 0.717) is 0 Å². The van der Waals surface area contributed by atoms with Gasteiger partial charge in [-0.1, -0.05) is 26.2 Å². The zero-order valence-corrected chi connectivity index (χ0v) is 7.71. The molecule has 0 aliphatic heterocycles. The Hall–Kier alpha value is -0.850. The Labute approximate surface area is 74.8 Å². The molecular weight excluding hydrogens is 146 g/mol. The van der Waals surface area contributed by atoms with Gasteiger partial charge in [0.2, 0.25) is 0 Å². The van der Waals surface area contributed by atoms with Crippen LogP contribution in [0.3, 0.4) is 0 Å². The predicted molar refractivity (Wildman–Crippen MR) is 50.9 cm³/mol. The van der Waals surface area contributed by atoms with Crippen molar-refractivity contribution in [3.8, 4) is 0 Å². The maximum absolute atomic E-state index is 4.03. The molecule has 0 N–H and O–H groups in total. The third kappa shape index (κ3) is 3.51. The number of hydrogen-bond acceptors (Lipinski definition) is 1. The normalized spacial score (nSPS) is 10.1. The van der Waals surface area contributed by atoms with Crippen LogP contribution >= 0.6 is 0 Å². The maximum atomic E-state index is 4.03. The van der Waals surface area contributed by atoms with E-state index in [4.69, 9.17) is 0 Å². The van der Waals surface area contributed by atoms with Crippen molar-refractivity contribution in [2.75, 3.05) is 0 Å². The first kappa shape index (κ1) is 9.24. The van der Waals surface area contributed by atoms with Gasteiger partial charge in [0.25, 0.3) is 0 Å². The van der Waals surface area contributed by atoms with Crippen molar-refractivity contribution >= 4 is 0 Å². The van der Waals surface area contributed by atoms with Gasteiger partial charge in [0.05, 0.1) is 0 Å². The van der Waals surface area contributed by atoms with Gasteiger partial charge >= 0.3 is 0 Å². The van der Waals surface area contributed by atoms with Crippen molar-refractivity contribution in [2.24, 2.45) is 0 Å². The van der Waals surface area contributed by atoms with Crippen LogP contribution in [0.15, 0.2) is 18.5 Å². The summed E-state index contributed by atoms with van der Waals surface area (Å²) in [5, 5.41) is 0. The van der Waals surface area contributed by atoms with Gasteiger partial charge in [0.1, 0.15) is 0 Å². The fourth-order valence-electron chi connectivity index (χ4n) is 1.25. The fourth-order valence-corrected chi connectivity index (χ4v) is 1.25. The lowest BCUT2D eigenvalue weighted by Gasteiger charge is -1.98. The molecule has 0 aliphatic rings. The highest BCUT2D eigenvalue weighted by Crippen LogP contribution is 2.05. The Kier molecular flexibility index (Phi) is 4.43. The third-order valence-corrected chi connectivity index (χ3v) is 1.98. The Morgan fingerprint density at radius 3 is 2.92 bits per heavy atom. The largest absolute Gasteiger partial charge is 0.264 e. The lowest BCUT2D eigenvalue weighted by Crippen LogP contribution is -1.86. The average molecular weight is 162 g/mol. The standard InChI is InChI=1S/C11H16N/c1-2-3-4-5-7-11-8-6-9-12-10-11/h8-10H,2-5,7H2,1H3. The molecule has 1 radical (unpaired) electrons. The average Bonchev–Trinajstić information content (AvgIpc) is 2.14. The molecule has 65 valence electrons. The summed E-state index contributed by atoms with van der Waals surface area (Å²) in [7, 11) is 0. The molecule has 0 saturated heterocycles. The van der Waals surface area contributed by atoms with Crippen LogP contribution in [-0.2, 0) is 6.42 Å². The SMILES string of the molecule is CCCCCCc1c[c]cnc1. The molecule has 1 heteroatoms. The predicted octanol–water partition coefficient (Wildman–Crippen LogP) is 3.00. The monoisotopic (exact) mass is 162 g/mol. The second-order valence-corrected chi connectivity index (χ2v) is 3.10. The second kappa shape index (κ2) is 5.76. The Morgan fingerprint density at radius 1 is 1.33 bits per heavy atom. The summed E-state index contributed by atoms with van der Waals surface area (Å²) in [6, 6.07) is 5.02. The number of aromatic nitrogens is 1. The Morgan fingerprint density at radius 2 is 2.25 bits per heavy atom. The lowest BCUT2D eigenvalue weighted by atomic mass is 10.1. The van der Waals surface area contributed by atoms with Crippen LogP contribution in [-0.4, -0.2) is 4.98 Å². The molecule has 1 heterocycles. The van der Waals surface area contributed by atoms with Crippen LogP contribution < -0.4 is 0 Å². The van der Waals surface area contributed by atoms with Crippen LogP contribution in [0.5, 0.6) is 0 Å². The highest BCUT2D eigenvalue weighted by atomic mass is 14.6. The van der Waals surface area contributed by atoms with E-state index in [9.17, 15) is 0 Å². The van der Waals surface area contributed by atoms with Gasteiger partial charge < -0.3 is 0 Å². The van der Waals surface area contributed by atoms with Gasteiger partial charge in [-0.25, -0.2) is 0 Å². The highest BCUT2D eigenvalue weighted by molar-refractivity contribution is 5.07. The minimum absolute atomic E-state index is 1.16. The van der Waals surface area contributed by atoms with E-state index < -0.39 is 0 Å². The fraction of sp³-hybridized carbons (Fsp3) is 0.545. The van der Waals surface area contributed by atoms with Gasteiger partial charge in [0, 0.05) is 18.5 Å². The molecule has 1 nitrogen and oxygen atoms in total. The maximum Gasteiger partial charge on any atom is 0.0347 e. The van der Waals surface area contributed by atoms with E-state index in [1.165, 1.54) is 31.2 Å². The first-order chi connectivity index (χ1) is 5.93. The summed E-state index contributed by atoms with van der Waals surface area (Å²) < 4.78 is 0. The molecule has 0 aromatic carbocycles. The molecule has 0 fully saturated rings. The van der Waals surface area contributed by atoms with Crippen LogP contribution in [0.25, 0.3) is 0 Å². The van der Waals surface area contributed by atoms with Gasteiger partial charge in [-0.15, -0.1) is 0 Å². The van der Waals surface area contributed by atoms with E-state index in [0.717, 1.165) is 6.42 Å². The van der Waals surface area contributed by atoms with Crippen LogP contribution in [0.2, 0.25) is 0 Å². The number of unbranched alkanes of at least 4 members (excludes halogenated alkanes) is 3. The summed E-state index contributed by atoms with van der Waals surface area (Å²) >= 11 is 0. The number of pyridine rings is 1. The van der Waals surface area contributed by atoms with Crippen LogP contribution in [0.4, 0.5) is 0 Å². The molecule has 0 unspecified atom stereocenters. The third-order valence-electron chi connectivity index (χ3n) is 1.98. The van der Waals surface area contributed by atoms with Crippen molar-refractivity contribution in [1.82, 2.24) is 4.98 Å². The molecule has 0 amide bonds.